The summed E-state index contributed by atoms with van der Waals surface area (Å²) in [6.45, 7) is 3.94. The first-order valence-electron chi connectivity index (χ1n) is 7.48. The van der Waals surface area contributed by atoms with Crippen LogP contribution in [0.5, 0.6) is 0 Å². The van der Waals surface area contributed by atoms with Crippen LogP contribution in [0, 0.1) is 5.82 Å². The van der Waals surface area contributed by atoms with Gasteiger partial charge in [0.15, 0.2) is 0 Å². The lowest BCUT2D eigenvalue weighted by atomic mass is 10.2. The van der Waals surface area contributed by atoms with Gasteiger partial charge in [0.25, 0.3) is 0 Å². The normalized spacial score (nSPS) is 17.8. The van der Waals surface area contributed by atoms with E-state index in [1.54, 1.807) is 13.8 Å². The van der Waals surface area contributed by atoms with Crippen molar-refractivity contribution in [2.75, 3.05) is 19.7 Å². The maximum atomic E-state index is 13.9. The molecule has 132 valence electrons. The highest BCUT2D eigenvalue weighted by Crippen LogP contribution is 2.21. The molecule has 7 nitrogen and oxygen atoms in total. The van der Waals surface area contributed by atoms with Gasteiger partial charge in [0.1, 0.15) is 5.82 Å². The maximum Gasteiger partial charge on any atom is 0.347 e. The minimum Gasteiger partial charge on any atom is -0.463 e. The minimum atomic E-state index is -3.84. The fourth-order valence-electron chi connectivity index (χ4n) is 2.31. The molecular weight excluding hydrogens is 341 g/mol. The van der Waals surface area contributed by atoms with E-state index in [0.717, 1.165) is 18.2 Å². The van der Waals surface area contributed by atoms with Crippen molar-refractivity contribution in [3.8, 4) is 0 Å². The Labute approximate surface area is 139 Å². The molecule has 0 amide bonds. The molecule has 9 heteroatoms. The maximum absolute atomic E-state index is 13.9. The summed E-state index contributed by atoms with van der Waals surface area (Å²) in [6.07, 6.45) is -0.913. The average Bonchev–Trinajstić information content (AvgIpc) is 2.93. The van der Waals surface area contributed by atoms with Crippen LogP contribution in [-0.2, 0) is 24.3 Å². The fraction of sp³-hybridized carbons (Fsp3) is 0.467. The number of halogens is 1. The third-order valence-corrected chi connectivity index (χ3v) is 5.68. The molecule has 0 bridgehead atoms. The van der Waals surface area contributed by atoms with Crippen molar-refractivity contribution in [3.63, 3.8) is 0 Å². The molecule has 1 aromatic carbocycles. The van der Waals surface area contributed by atoms with Gasteiger partial charge in [-0.3, -0.25) is 0 Å². The van der Waals surface area contributed by atoms with Crippen molar-refractivity contribution in [2.45, 2.75) is 31.3 Å². The highest BCUT2D eigenvalue weighted by molar-refractivity contribution is 7.89. The van der Waals surface area contributed by atoms with Crippen molar-refractivity contribution in [1.29, 1.82) is 0 Å². The Hall–Kier alpha value is -2.00. The molecule has 0 saturated carbocycles. The number of nitrogens with zero attached hydrogens (tertiary/aromatic N) is 1. The molecule has 0 aliphatic carbocycles. The van der Waals surface area contributed by atoms with E-state index in [0.29, 0.717) is 0 Å². The van der Waals surface area contributed by atoms with Gasteiger partial charge >= 0.3 is 11.9 Å². The number of ether oxygens (including phenoxy) is 2. The molecule has 1 atom stereocenters. The summed E-state index contributed by atoms with van der Waals surface area (Å²) in [5.74, 6) is -2.73. The first-order valence-corrected chi connectivity index (χ1v) is 8.92. The summed E-state index contributed by atoms with van der Waals surface area (Å²) >= 11 is 0. The summed E-state index contributed by atoms with van der Waals surface area (Å²) in [6, 6.07) is 2.90. The predicted octanol–water partition coefficient (Wildman–Crippen LogP) is 1.33. The van der Waals surface area contributed by atoms with E-state index < -0.39 is 39.4 Å². The van der Waals surface area contributed by atoms with Crippen LogP contribution in [-0.4, -0.2) is 50.5 Å². The van der Waals surface area contributed by atoms with Crippen LogP contribution in [0.1, 0.15) is 30.6 Å². The minimum absolute atomic E-state index is 0.121. The molecule has 0 radical (unpaired) electrons. The molecule has 0 N–H and O–H groups in total. The van der Waals surface area contributed by atoms with Crippen LogP contribution in [0.3, 0.4) is 0 Å². The molecule has 1 heterocycles. The summed E-state index contributed by atoms with van der Waals surface area (Å²) < 4.78 is 49.6. The quantitative estimate of drug-likeness (QED) is 0.712. The molecule has 0 spiro atoms. The number of carbonyl (C=O) groups excluding carboxylic acids is 2. The molecular formula is C15H18FNO6S. The van der Waals surface area contributed by atoms with E-state index >= 15 is 0 Å². The molecule has 1 aliphatic rings. The van der Waals surface area contributed by atoms with Gasteiger partial charge < -0.3 is 9.47 Å². The highest BCUT2D eigenvalue weighted by atomic mass is 32.2. The number of carbonyl (C=O) groups is 2. The Balaban J connectivity index is 2.31. The lowest BCUT2D eigenvalue weighted by Gasteiger charge is -2.19. The Morgan fingerprint density at radius 3 is 2.58 bits per heavy atom. The van der Waals surface area contributed by atoms with E-state index in [-0.39, 0.29) is 31.0 Å². The summed E-state index contributed by atoms with van der Waals surface area (Å²) in [5, 5.41) is 0. The number of sulfonamides is 1. The largest absolute Gasteiger partial charge is 0.463 e. The van der Waals surface area contributed by atoms with Gasteiger partial charge in [0.2, 0.25) is 16.1 Å². The van der Waals surface area contributed by atoms with Crippen molar-refractivity contribution >= 4 is 22.0 Å². The topological polar surface area (TPSA) is 90.0 Å². The molecule has 1 aliphatic heterocycles. The molecule has 24 heavy (non-hydrogen) atoms. The highest BCUT2D eigenvalue weighted by Gasteiger charge is 2.32. The van der Waals surface area contributed by atoms with Crippen LogP contribution >= 0.6 is 0 Å². The monoisotopic (exact) mass is 359 g/mol. The zero-order chi connectivity index (χ0) is 17.9. The van der Waals surface area contributed by atoms with E-state index in [2.05, 4.69) is 4.74 Å². The van der Waals surface area contributed by atoms with Crippen LogP contribution in [0.25, 0.3) is 0 Å². The van der Waals surface area contributed by atoms with Crippen LogP contribution in [0.2, 0.25) is 0 Å². The second kappa shape index (κ2) is 7.27. The zero-order valence-corrected chi connectivity index (χ0v) is 14.1. The van der Waals surface area contributed by atoms with Gasteiger partial charge in [-0.25, -0.2) is 22.4 Å². The molecule has 1 aromatic rings. The number of esters is 2. The van der Waals surface area contributed by atoms with Crippen LogP contribution < -0.4 is 0 Å². The first-order chi connectivity index (χ1) is 11.3. The second-order valence-electron chi connectivity index (χ2n) is 5.08. The van der Waals surface area contributed by atoms with E-state index in [1.807, 2.05) is 0 Å². The average molecular weight is 359 g/mol. The summed E-state index contributed by atoms with van der Waals surface area (Å²) in [4.78, 5) is 23.2. The number of rotatable bonds is 6. The lowest BCUT2D eigenvalue weighted by Crippen LogP contribution is -2.31. The van der Waals surface area contributed by atoms with Gasteiger partial charge in [-0.2, -0.15) is 4.31 Å². The van der Waals surface area contributed by atoms with Crippen LogP contribution in [0.4, 0.5) is 4.39 Å². The third kappa shape index (κ3) is 3.57. The zero-order valence-electron chi connectivity index (χ0n) is 13.3. The SMILES string of the molecule is CCN(CC)S(=O)(=O)c1ccc(F)c(C(=O)O[C@H]2CCOC2=O)c1. The Bertz CT molecular complexity index is 744. The molecule has 0 aromatic heterocycles. The predicted molar refractivity (Wildman–Crippen MR) is 81.3 cm³/mol. The van der Waals surface area contributed by atoms with Gasteiger partial charge in [0.05, 0.1) is 17.1 Å². The van der Waals surface area contributed by atoms with Gasteiger partial charge in [0, 0.05) is 19.5 Å². The van der Waals surface area contributed by atoms with Crippen LogP contribution in [0.15, 0.2) is 23.1 Å². The standard InChI is InChI=1S/C15H18FNO6S/c1-3-17(4-2)24(20,21)10-5-6-12(16)11(9-10)14(18)23-13-7-8-22-15(13)19/h5-6,9,13H,3-4,7-8H2,1-2H3/t13-/m0/s1. The summed E-state index contributed by atoms with van der Waals surface area (Å²) in [7, 11) is -3.84. The van der Waals surface area contributed by atoms with Crippen molar-refractivity contribution in [2.24, 2.45) is 0 Å². The van der Waals surface area contributed by atoms with E-state index in [4.69, 9.17) is 4.74 Å². The third-order valence-electron chi connectivity index (χ3n) is 3.64. The Morgan fingerprint density at radius 2 is 2.04 bits per heavy atom. The number of cyclic esters (lactones) is 1. The van der Waals surface area contributed by atoms with E-state index in [1.165, 1.54) is 4.31 Å². The van der Waals surface area contributed by atoms with Crippen molar-refractivity contribution < 1.29 is 31.9 Å². The van der Waals surface area contributed by atoms with Gasteiger partial charge in [-0.15, -0.1) is 0 Å². The lowest BCUT2D eigenvalue weighted by molar-refractivity contribution is -0.145. The van der Waals surface area contributed by atoms with Gasteiger partial charge in [-0.1, -0.05) is 13.8 Å². The first kappa shape index (κ1) is 18.3. The molecule has 2 rings (SSSR count). The summed E-state index contributed by atoms with van der Waals surface area (Å²) in [5.41, 5.74) is -0.539. The molecule has 1 saturated heterocycles. The Kier molecular flexibility index (Phi) is 5.55. The Morgan fingerprint density at radius 1 is 1.38 bits per heavy atom. The van der Waals surface area contributed by atoms with Crippen molar-refractivity contribution in [1.82, 2.24) is 4.31 Å². The smallest absolute Gasteiger partial charge is 0.347 e. The molecule has 1 fully saturated rings. The number of hydrogen-bond acceptors (Lipinski definition) is 6. The van der Waals surface area contributed by atoms with Crippen molar-refractivity contribution in [3.05, 3.63) is 29.6 Å². The van der Waals surface area contributed by atoms with E-state index in [9.17, 15) is 22.4 Å². The van der Waals surface area contributed by atoms with Gasteiger partial charge in [-0.05, 0) is 18.2 Å². The fourth-order valence-corrected chi connectivity index (χ4v) is 3.80. The number of hydrogen-bond donors (Lipinski definition) is 0. The number of benzene rings is 1. The second-order valence-corrected chi connectivity index (χ2v) is 7.02. The molecule has 0 unspecified atom stereocenters.